The molecule has 26 heavy (non-hydrogen) atoms. The fourth-order valence-corrected chi connectivity index (χ4v) is 3.53. The van der Waals surface area contributed by atoms with E-state index >= 15 is 0 Å². The maximum absolute atomic E-state index is 12.4. The number of nitrogens with one attached hydrogen (secondary N) is 1. The molecule has 1 aromatic carbocycles. The molecule has 7 heteroatoms. The van der Waals surface area contributed by atoms with E-state index in [0.29, 0.717) is 30.8 Å². The van der Waals surface area contributed by atoms with Gasteiger partial charge in [-0.3, -0.25) is 9.59 Å². The van der Waals surface area contributed by atoms with Crippen LogP contribution in [0.5, 0.6) is 0 Å². The number of rotatable bonds is 7. The summed E-state index contributed by atoms with van der Waals surface area (Å²) < 4.78 is 5.13. The van der Waals surface area contributed by atoms with Crippen LogP contribution in [0.15, 0.2) is 41.8 Å². The Bertz CT molecular complexity index is 789. The van der Waals surface area contributed by atoms with Crippen LogP contribution in [0.25, 0.3) is 0 Å². The number of hydrogen-bond acceptors (Lipinski definition) is 5. The number of thiophene rings is 1. The summed E-state index contributed by atoms with van der Waals surface area (Å²) in [6.07, 6.45) is 2.00. The van der Waals surface area contributed by atoms with E-state index < -0.39 is 5.97 Å². The lowest BCUT2D eigenvalue weighted by atomic mass is 10.1. The highest BCUT2D eigenvalue weighted by Crippen LogP contribution is 2.25. The molecule has 0 atom stereocenters. The van der Waals surface area contributed by atoms with E-state index in [2.05, 4.69) is 5.32 Å². The van der Waals surface area contributed by atoms with Gasteiger partial charge < -0.3 is 15.0 Å². The second-order valence-corrected chi connectivity index (χ2v) is 6.95. The predicted octanol–water partition coefficient (Wildman–Crippen LogP) is 2.39. The Kier molecular flexibility index (Phi) is 6.01. The fraction of sp³-hybridized carbons (Fsp3) is 0.316. The highest BCUT2D eigenvalue weighted by atomic mass is 32.1. The van der Waals surface area contributed by atoms with Crippen LogP contribution in [0.2, 0.25) is 0 Å². The van der Waals surface area contributed by atoms with Crippen molar-refractivity contribution in [1.29, 1.82) is 0 Å². The van der Waals surface area contributed by atoms with Crippen LogP contribution >= 0.6 is 11.3 Å². The second kappa shape index (κ2) is 8.62. The van der Waals surface area contributed by atoms with E-state index in [4.69, 9.17) is 4.74 Å². The third-order valence-electron chi connectivity index (χ3n) is 4.10. The summed E-state index contributed by atoms with van der Waals surface area (Å²) in [4.78, 5) is 38.9. The van der Waals surface area contributed by atoms with Gasteiger partial charge in [-0.2, -0.15) is 0 Å². The third-order valence-corrected chi connectivity index (χ3v) is 5.03. The average molecular weight is 372 g/mol. The number of anilines is 1. The van der Waals surface area contributed by atoms with E-state index in [9.17, 15) is 14.4 Å². The van der Waals surface area contributed by atoms with Crippen molar-refractivity contribution in [3.05, 3.63) is 52.2 Å². The molecule has 0 aliphatic carbocycles. The van der Waals surface area contributed by atoms with Gasteiger partial charge >= 0.3 is 5.97 Å². The van der Waals surface area contributed by atoms with Crippen molar-refractivity contribution in [2.45, 2.75) is 19.3 Å². The lowest BCUT2D eigenvalue weighted by molar-refractivity contribution is -0.124. The maximum atomic E-state index is 12.4. The zero-order chi connectivity index (χ0) is 18.4. The van der Waals surface area contributed by atoms with Crippen molar-refractivity contribution in [3.63, 3.8) is 0 Å². The summed E-state index contributed by atoms with van der Waals surface area (Å²) in [7, 11) is 0. The maximum Gasteiger partial charge on any atom is 0.340 e. The van der Waals surface area contributed by atoms with Crippen LogP contribution in [-0.2, 0) is 20.7 Å². The van der Waals surface area contributed by atoms with Crippen LogP contribution < -0.4 is 10.2 Å². The molecule has 0 radical (unpaired) electrons. The smallest absolute Gasteiger partial charge is 0.340 e. The fourth-order valence-electron chi connectivity index (χ4n) is 2.82. The number of hydrogen-bond donors (Lipinski definition) is 1. The molecule has 0 spiro atoms. The highest BCUT2D eigenvalue weighted by Gasteiger charge is 2.26. The number of amides is 2. The number of benzene rings is 1. The molecule has 0 saturated carbocycles. The molecule has 3 rings (SSSR count). The van der Waals surface area contributed by atoms with Gasteiger partial charge in [-0.15, -0.1) is 11.3 Å². The molecule has 1 saturated heterocycles. The van der Waals surface area contributed by atoms with Crippen molar-refractivity contribution in [2.24, 2.45) is 0 Å². The monoisotopic (exact) mass is 372 g/mol. The first-order valence-corrected chi connectivity index (χ1v) is 9.38. The van der Waals surface area contributed by atoms with Gasteiger partial charge in [-0.25, -0.2) is 4.79 Å². The minimum Gasteiger partial charge on any atom is -0.452 e. The second-order valence-electron chi connectivity index (χ2n) is 5.92. The number of ether oxygens (including phenoxy) is 1. The zero-order valence-electron chi connectivity index (χ0n) is 14.3. The minimum absolute atomic E-state index is 0.00318. The Labute approximate surface area is 155 Å². The van der Waals surface area contributed by atoms with Crippen LogP contribution in [-0.4, -0.2) is 37.5 Å². The molecule has 1 aromatic heterocycles. The van der Waals surface area contributed by atoms with Crippen LogP contribution in [0, 0.1) is 0 Å². The quantitative estimate of drug-likeness (QED) is 0.757. The molecule has 1 N–H and O–H groups in total. The molecule has 136 valence electrons. The van der Waals surface area contributed by atoms with Gasteiger partial charge in [0, 0.05) is 24.4 Å². The van der Waals surface area contributed by atoms with Gasteiger partial charge in [0.05, 0.1) is 11.3 Å². The number of carbonyl (C=O) groups is 3. The van der Waals surface area contributed by atoms with Crippen LogP contribution in [0.3, 0.4) is 0 Å². The van der Waals surface area contributed by atoms with Gasteiger partial charge in [0.2, 0.25) is 5.91 Å². The van der Waals surface area contributed by atoms with E-state index in [1.807, 2.05) is 17.5 Å². The summed E-state index contributed by atoms with van der Waals surface area (Å²) in [6, 6.07) is 10.8. The van der Waals surface area contributed by atoms with Crippen LogP contribution in [0.1, 0.15) is 28.1 Å². The molecule has 1 aliphatic rings. The van der Waals surface area contributed by atoms with Gasteiger partial charge in [0.25, 0.3) is 5.91 Å². The SMILES string of the molecule is O=C(COC(=O)c1ccccc1N1CCCC1=O)NCCc1cccs1. The Morgan fingerprint density at radius 3 is 2.77 bits per heavy atom. The zero-order valence-corrected chi connectivity index (χ0v) is 15.1. The van der Waals surface area contributed by atoms with E-state index in [1.54, 1.807) is 40.5 Å². The number of esters is 1. The molecule has 1 aliphatic heterocycles. The van der Waals surface area contributed by atoms with E-state index in [1.165, 1.54) is 4.88 Å². The van der Waals surface area contributed by atoms with Crippen molar-refractivity contribution < 1.29 is 19.1 Å². The molecular formula is C19H20N2O4S. The summed E-state index contributed by atoms with van der Waals surface area (Å²) >= 11 is 1.64. The molecule has 1 fully saturated rings. The molecule has 2 aromatic rings. The minimum atomic E-state index is -0.603. The Hall–Kier alpha value is -2.67. The van der Waals surface area contributed by atoms with Crippen molar-refractivity contribution in [2.75, 3.05) is 24.6 Å². The first-order chi connectivity index (χ1) is 12.6. The molecule has 2 amide bonds. The summed E-state index contributed by atoms with van der Waals surface area (Å²) in [6.45, 7) is 0.744. The van der Waals surface area contributed by atoms with Gasteiger partial charge in [0.15, 0.2) is 6.61 Å². The predicted molar refractivity (Wildman–Crippen MR) is 99.3 cm³/mol. The van der Waals surface area contributed by atoms with E-state index in [-0.39, 0.29) is 18.4 Å². The third kappa shape index (κ3) is 4.49. The number of para-hydroxylation sites is 1. The van der Waals surface area contributed by atoms with Gasteiger partial charge in [-0.1, -0.05) is 18.2 Å². The Morgan fingerprint density at radius 1 is 1.19 bits per heavy atom. The Balaban J connectivity index is 1.52. The standard InChI is InChI=1S/C19H20N2O4S/c22-17(20-10-9-14-5-4-12-26-14)13-25-19(24)15-6-1-2-7-16(15)21-11-3-8-18(21)23/h1-2,4-7,12H,3,8-11,13H2,(H,20,22). The molecule has 2 heterocycles. The number of nitrogens with zero attached hydrogens (tertiary/aromatic N) is 1. The summed E-state index contributed by atoms with van der Waals surface area (Å²) in [5, 5.41) is 4.72. The highest BCUT2D eigenvalue weighted by molar-refractivity contribution is 7.09. The first-order valence-electron chi connectivity index (χ1n) is 8.51. The van der Waals surface area contributed by atoms with Crippen molar-refractivity contribution in [1.82, 2.24) is 5.32 Å². The van der Waals surface area contributed by atoms with Gasteiger partial charge in [-0.05, 0) is 36.4 Å². The largest absolute Gasteiger partial charge is 0.452 e. The summed E-state index contributed by atoms with van der Waals surface area (Å²) in [5.74, 6) is -0.949. The topological polar surface area (TPSA) is 75.7 Å². The van der Waals surface area contributed by atoms with E-state index in [0.717, 1.165) is 12.8 Å². The molecule has 6 nitrogen and oxygen atoms in total. The average Bonchev–Trinajstić information content (AvgIpc) is 3.31. The van der Waals surface area contributed by atoms with Gasteiger partial charge in [0.1, 0.15) is 0 Å². The normalized spacial score (nSPS) is 13.7. The van der Waals surface area contributed by atoms with Crippen LogP contribution in [0.4, 0.5) is 5.69 Å². The molecule has 0 bridgehead atoms. The van der Waals surface area contributed by atoms with Crippen molar-refractivity contribution >= 4 is 34.8 Å². The lowest BCUT2D eigenvalue weighted by Crippen LogP contribution is -2.31. The number of carbonyl (C=O) groups excluding carboxylic acids is 3. The first kappa shape index (κ1) is 18.1. The van der Waals surface area contributed by atoms with Crippen molar-refractivity contribution in [3.8, 4) is 0 Å². The molecule has 0 unspecified atom stereocenters. The lowest BCUT2D eigenvalue weighted by Gasteiger charge is -2.18. The summed E-state index contributed by atoms with van der Waals surface area (Å²) in [5.41, 5.74) is 0.840. The Morgan fingerprint density at radius 2 is 2.04 bits per heavy atom. The molecular weight excluding hydrogens is 352 g/mol.